The summed E-state index contributed by atoms with van der Waals surface area (Å²) in [5.41, 5.74) is 3.45. The minimum Gasteiger partial charge on any atom is -0.497 e. The van der Waals surface area contributed by atoms with Crippen molar-refractivity contribution in [2.75, 3.05) is 26.6 Å². The number of carbonyl (C=O) groups excluding carboxylic acids is 2. The third-order valence-electron chi connectivity index (χ3n) is 3.54. The second kappa shape index (κ2) is 9.81. The Balaban J connectivity index is 1.90. The Morgan fingerprint density at radius 1 is 0.963 bits per heavy atom. The fourth-order valence-corrected chi connectivity index (χ4v) is 2.23. The minimum atomic E-state index is -0.550. The van der Waals surface area contributed by atoms with Crippen molar-refractivity contribution in [3.8, 4) is 17.2 Å². The van der Waals surface area contributed by atoms with E-state index in [1.165, 1.54) is 20.4 Å². The van der Waals surface area contributed by atoms with Crippen LogP contribution in [0.4, 0.5) is 5.69 Å². The molecule has 2 amide bonds. The Morgan fingerprint density at radius 3 is 2.41 bits per heavy atom. The van der Waals surface area contributed by atoms with E-state index < -0.39 is 11.8 Å². The summed E-state index contributed by atoms with van der Waals surface area (Å²) < 4.78 is 15.5. The van der Waals surface area contributed by atoms with Gasteiger partial charge in [0.1, 0.15) is 23.7 Å². The Kier molecular flexibility index (Phi) is 7.18. The number of nitrogens with one attached hydrogen (secondary N) is 2. The van der Waals surface area contributed by atoms with Crippen molar-refractivity contribution in [2.24, 2.45) is 5.10 Å². The molecule has 142 valence electrons. The third-order valence-corrected chi connectivity index (χ3v) is 3.54. The first-order valence-corrected chi connectivity index (χ1v) is 8.04. The van der Waals surface area contributed by atoms with E-state index in [4.69, 9.17) is 14.2 Å². The van der Waals surface area contributed by atoms with E-state index in [-0.39, 0.29) is 6.42 Å². The molecule has 2 rings (SSSR count). The lowest BCUT2D eigenvalue weighted by Gasteiger charge is -2.09. The number of hydrazone groups is 1. The lowest BCUT2D eigenvalue weighted by Crippen LogP contribution is -2.24. The summed E-state index contributed by atoms with van der Waals surface area (Å²) in [5.74, 6) is 0.665. The van der Waals surface area contributed by atoms with E-state index in [1.54, 1.807) is 49.6 Å². The Bertz CT molecular complexity index is 836. The number of rotatable bonds is 8. The maximum atomic E-state index is 12.0. The molecule has 0 aliphatic carbocycles. The molecule has 2 N–H and O–H groups in total. The van der Waals surface area contributed by atoms with Crippen molar-refractivity contribution in [3.05, 3.63) is 48.0 Å². The van der Waals surface area contributed by atoms with Crippen LogP contribution in [0, 0.1) is 0 Å². The summed E-state index contributed by atoms with van der Waals surface area (Å²) in [4.78, 5) is 23.9. The number of hydrogen-bond donors (Lipinski definition) is 2. The van der Waals surface area contributed by atoms with Crippen molar-refractivity contribution in [3.63, 3.8) is 0 Å². The number of ether oxygens (including phenoxy) is 3. The SMILES string of the molecule is COc1ccc(C=NNC(=O)CC(=O)Nc2ccccc2OC)c(OC)c1. The van der Waals surface area contributed by atoms with Crippen LogP contribution in [0.5, 0.6) is 17.2 Å². The van der Waals surface area contributed by atoms with Crippen LogP contribution in [-0.4, -0.2) is 39.4 Å². The first-order valence-electron chi connectivity index (χ1n) is 8.04. The van der Waals surface area contributed by atoms with Crippen LogP contribution in [0.15, 0.2) is 47.6 Å². The van der Waals surface area contributed by atoms with Crippen LogP contribution in [0.2, 0.25) is 0 Å². The van der Waals surface area contributed by atoms with Gasteiger partial charge in [0.2, 0.25) is 11.8 Å². The molecule has 8 nitrogen and oxygen atoms in total. The summed E-state index contributed by atoms with van der Waals surface area (Å²) >= 11 is 0. The van der Waals surface area contributed by atoms with Crippen molar-refractivity contribution in [2.45, 2.75) is 6.42 Å². The van der Waals surface area contributed by atoms with Gasteiger partial charge in [0.15, 0.2) is 0 Å². The van der Waals surface area contributed by atoms with Gasteiger partial charge in [0.25, 0.3) is 0 Å². The number of para-hydroxylation sites is 2. The molecule has 2 aromatic rings. The lowest BCUT2D eigenvalue weighted by molar-refractivity contribution is -0.126. The Labute approximate surface area is 157 Å². The van der Waals surface area contributed by atoms with E-state index in [9.17, 15) is 9.59 Å². The molecular weight excluding hydrogens is 350 g/mol. The monoisotopic (exact) mass is 371 g/mol. The summed E-state index contributed by atoms with van der Waals surface area (Å²) in [6.07, 6.45) is 1.05. The average molecular weight is 371 g/mol. The Hall–Kier alpha value is -3.55. The quantitative estimate of drug-likeness (QED) is 0.421. The van der Waals surface area contributed by atoms with E-state index in [0.29, 0.717) is 28.5 Å². The van der Waals surface area contributed by atoms with Crippen molar-refractivity contribution < 1.29 is 23.8 Å². The first-order chi connectivity index (χ1) is 13.1. The van der Waals surface area contributed by atoms with Gasteiger partial charge >= 0.3 is 0 Å². The molecule has 0 fully saturated rings. The molecule has 0 bridgehead atoms. The molecule has 0 atom stereocenters. The second-order valence-corrected chi connectivity index (χ2v) is 5.33. The normalized spacial score (nSPS) is 10.3. The minimum absolute atomic E-state index is 0.380. The third kappa shape index (κ3) is 5.74. The first kappa shape index (κ1) is 19.8. The molecule has 0 heterocycles. The summed E-state index contributed by atoms with van der Waals surface area (Å²) in [6, 6.07) is 12.1. The van der Waals surface area contributed by atoms with Crippen molar-refractivity contribution in [1.29, 1.82) is 0 Å². The summed E-state index contributed by atoms with van der Waals surface area (Å²) in [7, 11) is 4.57. The summed E-state index contributed by atoms with van der Waals surface area (Å²) in [5, 5.41) is 6.47. The van der Waals surface area contributed by atoms with Crippen LogP contribution in [0.3, 0.4) is 0 Å². The highest BCUT2D eigenvalue weighted by molar-refractivity contribution is 6.04. The van der Waals surface area contributed by atoms with Crippen LogP contribution in [0.25, 0.3) is 0 Å². The predicted octanol–water partition coefficient (Wildman–Crippen LogP) is 2.19. The van der Waals surface area contributed by atoms with Crippen LogP contribution in [0.1, 0.15) is 12.0 Å². The standard InChI is InChI=1S/C19H21N3O5/c1-25-14-9-8-13(17(10-14)27-3)12-20-22-19(24)11-18(23)21-15-6-4-5-7-16(15)26-2/h4-10,12H,11H2,1-3H3,(H,21,23)(H,22,24). The molecule has 27 heavy (non-hydrogen) atoms. The van der Waals surface area contributed by atoms with Crippen LogP contribution >= 0.6 is 0 Å². The molecular formula is C19H21N3O5. The molecule has 0 aromatic heterocycles. The van der Waals surface area contributed by atoms with Gasteiger partial charge < -0.3 is 19.5 Å². The molecule has 0 saturated heterocycles. The highest BCUT2D eigenvalue weighted by Crippen LogP contribution is 2.23. The van der Waals surface area contributed by atoms with E-state index in [0.717, 1.165) is 0 Å². The van der Waals surface area contributed by atoms with Gasteiger partial charge in [-0.05, 0) is 24.3 Å². The second-order valence-electron chi connectivity index (χ2n) is 5.33. The summed E-state index contributed by atoms with van der Waals surface area (Å²) in [6.45, 7) is 0. The van der Waals surface area contributed by atoms with Gasteiger partial charge in [0, 0.05) is 11.6 Å². The number of amides is 2. The molecule has 8 heteroatoms. The number of methoxy groups -OCH3 is 3. The van der Waals surface area contributed by atoms with Gasteiger partial charge in [-0.1, -0.05) is 12.1 Å². The van der Waals surface area contributed by atoms with E-state index in [1.807, 2.05) is 0 Å². The maximum absolute atomic E-state index is 12.0. The fourth-order valence-electron chi connectivity index (χ4n) is 2.23. The van der Waals surface area contributed by atoms with Gasteiger partial charge in [0.05, 0.1) is 33.2 Å². The van der Waals surface area contributed by atoms with E-state index in [2.05, 4.69) is 15.8 Å². The number of benzene rings is 2. The van der Waals surface area contributed by atoms with Gasteiger partial charge in [-0.3, -0.25) is 9.59 Å². The van der Waals surface area contributed by atoms with Crippen LogP contribution < -0.4 is 25.0 Å². The highest BCUT2D eigenvalue weighted by atomic mass is 16.5. The highest BCUT2D eigenvalue weighted by Gasteiger charge is 2.11. The largest absolute Gasteiger partial charge is 0.497 e. The van der Waals surface area contributed by atoms with Crippen LogP contribution in [-0.2, 0) is 9.59 Å². The number of carbonyl (C=O) groups is 2. The average Bonchev–Trinajstić information content (AvgIpc) is 2.68. The Morgan fingerprint density at radius 2 is 1.70 bits per heavy atom. The molecule has 0 radical (unpaired) electrons. The smallest absolute Gasteiger partial charge is 0.249 e. The lowest BCUT2D eigenvalue weighted by atomic mass is 10.2. The zero-order chi connectivity index (χ0) is 19.6. The van der Waals surface area contributed by atoms with E-state index >= 15 is 0 Å². The zero-order valence-electron chi connectivity index (χ0n) is 15.3. The topological polar surface area (TPSA) is 98.2 Å². The number of hydrogen-bond acceptors (Lipinski definition) is 6. The molecule has 0 unspecified atom stereocenters. The molecule has 2 aromatic carbocycles. The number of nitrogens with zero attached hydrogens (tertiary/aromatic N) is 1. The zero-order valence-corrected chi connectivity index (χ0v) is 15.3. The van der Waals surface area contributed by atoms with Crippen molar-refractivity contribution >= 4 is 23.7 Å². The fraction of sp³-hybridized carbons (Fsp3) is 0.211. The predicted molar refractivity (Wildman–Crippen MR) is 102 cm³/mol. The molecule has 0 spiro atoms. The maximum Gasteiger partial charge on any atom is 0.249 e. The molecule has 0 saturated carbocycles. The van der Waals surface area contributed by atoms with Gasteiger partial charge in [-0.2, -0.15) is 5.10 Å². The molecule has 0 aliphatic rings. The van der Waals surface area contributed by atoms with Gasteiger partial charge in [-0.25, -0.2) is 5.43 Å². The molecule has 0 aliphatic heterocycles. The van der Waals surface area contributed by atoms with Gasteiger partial charge in [-0.15, -0.1) is 0 Å². The number of anilines is 1. The van der Waals surface area contributed by atoms with Crippen molar-refractivity contribution in [1.82, 2.24) is 5.43 Å².